The lowest BCUT2D eigenvalue weighted by Crippen LogP contribution is -2.41. The standard InChI is InChI=1S/C16H17FN2O3/c17-12-3-5-13(6-4-12)22-16-15(2-1-7-19-16)21-11-14-10-18-8-9-20-14/h1-7,14,18H,8-11H2/t14-/m0/s1. The van der Waals surface area contributed by atoms with Crippen LogP contribution in [0, 0.1) is 5.82 Å². The van der Waals surface area contributed by atoms with Crippen LogP contribution in [0.5, 0.6) is 17.4 Å². The minimum absolute atomic E-state index is 0.00706. The summed E-state index contributed by atoms with van der Waals surface area (Å²) in [5.41, 5.74) is 0. The Hall–Kier alpha value is -2.18. The molecule has 2 aromatic rings. The molecule has 1 saturated heterocycles. The summed E-state index contributed by atoms with van der Waals surface area (Å²) in [4.78, 5) is 4.16. The van der Waals surface area contributed by atoms with E-state index >= 15 is 0 Å². The number of benzene rings is 1. The summed E-state index contributed by atoms with van der Waals surface area (Å²) in [7, 11) is 0. The van der Waals surface area contributed by atoms with E-state index in [0.29, 0.717) is 30.6 Å². The molecule has 1 N–H and O–H groups in total. The molecule has 0 aliphatic carbocycles. The molecule has 2 heterocycles. The monoisotopic (exact) mass is 304 g/mol. The normalized spacial score (nSPS) is 18.0. The van der Waals surface area contributed by atoms with Gasteiger partial charge in [-0.05, 0) is 36.4 Å². The Bertz CT molecular complexity index is 601. The zero-order valence-corrected chi connectivity index (χ0v) is 12.0. The second kappa shape index (κ2) is 7.20. The molecular formula is C16H17FN2O3. The molecule has 0 radical (unpaired) electrons. The van der Waals surface area contributed by atoms with Crippen molar-refractivity contribution in [3.8, 4) is 17.4 Å². The largest absolute Gasteiger partial charge is 0.485 e. The van der Waals surface area contributed by atoms with Crippen molar-refractivity contribution in [3.63, 3.8) is 0 Å². The average Bonchev–Trinajstić information content (AvgIpc) is 2.57. The molecule has 1 atom stereocenters. The molecule has 1 aromatic carbocycles. The number of nitrogens with zero attached hydrogens (tertiary/aromatic N) is 1. The highest BCUT2D eigenvalue weighted by Gasteiger charge is 2.15. The first-order chi connectivity index (χ1) is 10.8. The molecule has 1 fully saturated rings. The molecule has 0 amide bonds. The van der Waals surface area contributed by atoms with Crippen molar-refractivity contribution in [2.45, 2.75) is 6.10 Å². The summed E-state index contributed by atoms with van der Waals surface area (Å²) in [6.45, 7) is 2.72. The van der Waals surface area contributed by atoms with Crippen LogP contribution in [0.2, 0.25) is 0 Å². The number of hydrogen-bond acceptors (Lipinski definition) is 5. The number of rotatable bonds is 5. The second-order valence-electron chi connectivity index (χ2n) is 4.87. The average molecular weight is 304 g/mol. The van der Waals surface area contributed by atoms with Gasteiger partial charge in [0.2, 0.25) is 0 Å². The fourth-order valence-electron chi connectivity index (χ4n) is 2.09. The quantitative estimate of drug-likeness (QED) is 0.919. The third-order valence-electron chi connectivity index (χ3n) is 3.19. The Morgan fingerprint density at radius 1 is 1.27 bits per heavy atom. The van der Waals surface area contributed by atoms with Gasteiger partial charge in [-0.2, -0.15) is 0 Å². The van der Waals surface area contributed by atoms with Crippen molar-refractivity contribution in [2.24, 2.45) is 0 Å². The molecule has 1 aliphatic heterocycles. The van der Waals surface area contributed by atoms with Gasteiger partial charge >= 0.3 is 0 Å². The van der Waals surface area contributed by atoms with Gasteiger partial charge in [-0.15, -0.1) is 0 Å². The minimum atomic E-state index is -0.313. The molecule has 1 aromatic heterocycles. The van der Waals surface area contributed by atoms with Gasteiger partial charge in [0.25, 0.3) is 5.88 Å². The molecule has 22 heavy (non-hydrogen) atoms. The summed E-state index contributed by atoms with van der Waals surface area (Å²) in [5, 5.41) is 3.24. The van der Waals surface area contributed by atoms with Crippen LogP contribution < -0.4 is 14.8 Å². The fraction of sp³-hybridized carbons (Fsp3) is 0.312. The highest BCUT2D eigenvalue weighted by molar-refractivity contribution is 5.37. The van der Waals surface area contributed by atoms with Gasteiger partial charge in [-0.3, -0.25) is 0 Å². The number of nitrogens with one attached hydrogen (secondary N) is 1. The number of pyridine rings is 1. The van der Waals surface area contributed by atoms with Gasteiger partial charge < -0.3 is 19.5 Å². The van der Waals surface area contributed by atoms with E-state index in [1.807, 2.05) is 0 Å². The molecule has 5 nitrogen and oxygen atoms in total. The Balaban J connectivity index is 1.65. The van der Waals surface area contributed by atoms with Crippen molar-refractivity contribution in [1.29, 1.82) is 0 Å². The molecule has 116 valence electrons. The van der Waals surface area contributed by atoms with Crippen molar-refractivity contribution in [3.05, 3.63) is 48.4 Å². The Kier molecular flexibility index (Phi) is 4.82. The smallest absolute Gasteiger partial charge is 0.262 e. The van der Waals surface area contributed by atoms with Crippen LogP contribution in [0.3, 0.4) is 0 Å². The van der Waals surface area contributed by atoms with Crippen LogP contribution in [-0.2, 0) is 4.74 Å². The molecule has 0 unspecified atom stereocenters. The van der Waals surface area contributed by atoms with Crippen LogP contribution >= 0.6 is 0 Å². The lowest BCUT2D eigenvalue weighted by molar-refractivity contribution is -0.000292. The van der Waals surface area contributed by atoms with Crippen LogP contribution in [0.25, 0.3) is 0 Å². The van der Waals surface area contributed by atoms with Crippen molar-refractivity contribution >= 4 is 0 Å². The Morgan fingerprint density at radius 3 is 2.91 bits per heavy atom. The van der Waals surface area contributed by atoms with E-state index in [1.165, 1.54) is 12.1 Å². The van der Waals surface area contributed by atoms with Crippen LogP contribution in [-0.4, -0.2) is 37.4 Å². The van der Waals surface area contributed by atoms with Gasteiger partial charge in [0, 0.05) is 19.3 Å². The predicted molar refractivity (Wildman–Crippen MR) is 78.8 cm³/mol. The molecule has 0 bridgehead atoms. The first kappa shape index (κ1) is 14.7. The van der Waals surface area contributed by atoms with Gasteiger partial charge in [-0.25, -0.2) is 9.37 Å². The van der Waals surface area contributed by atoms with Gasteiger partial charge in [-0.1, -0.05) is 0 Å². The Morgan fingerprint density at radius 2 is 2.14 bits per heavy atom. The third-order valence-corrected chi connectivity index (χ3v) is 3.19. The minimum Gasteiger partial charge on any atom is -0.485 e. The van der Waals surface area contributed by atoms with E-state index in [2.05, 4.69) is 10.3 Å². The van der Waals surface area contributed by atoms with E-state index in [0.717, 1.165) is 13.1 Å². The first-order valence-corrected chi connectivity index (χ1v) is 7.15. The Labute approximate surface area is 128 Å². The fourth-order valence-corrected chi connectivity index (χ4v) is 2.09. The van der Waals surface area contributed by atoms with Crippen LogP contribution in [0.4, 0.5) is 4.39 Å². The predicted octanol–water partition coefficient (Wildman–Crippen LogP) is 2.38. The first-order valence-electron chi connectivity index (χ1n) is 7.15. The molecule has 3 rings (SSSR count). The zero-order chi connectivity index (χ0) is 15.2. The maximum absolute atomic E-state index is 12.9. The second-order valence-corrected chi connectivity index (χ2v) is 4.87. The van der Waals surface area contributed by atoms with Crippen LogP contribution in [0.1, 0.15) is 0 Å². The van der Waals surface area contributed by atoms with Gasteiger partial charge in [0.1, 0.15) is 24.3 Å². The summed E-state index contributed by atoms with van der Waals surface area (Å²) in [5.74, 6) is 1.06. The molecular weight excluding hydrogens is 287 g/mol. The number of hydrogen-bond donors (Lipinski definition) is 1. The molecule has 1 aliphatic rings. The van der Waals surface area contributed by atoms with E-state index in [4.69, 9.17) is 14.2 Å². The summed E-state index contributed by atoms with van der Waals surface area (Å²) in [6, 6.07) is 9.31. The van der Waals surface area contributed by atoms with Crippen molar-refractivity contribution < 1.29 is 18.6 Å². The number of morpholine rings is 1. The van der Waals surface area contributed by atoms with Gasteiger partial charge in [0.15, 0.2) is 5.75 Å². The highest BCUT2D eigenvalue weighted by atomic mass is 19.1. The van der Waals surface area contributed by atoms with E-state index < -0.39 is 0 Å². The van der Waals surface area contributed by atoms with E-state index in [9.17, 15) is 4.39 Å². The molecule has 6 heteroatoms. The van der Waals surface area contributed by atoms with Gasteiger partial charge in [0.05, 0.1) is 6.61 Å². The molecule has 0 saturated carbocycles. The summed E-state index contributed by atoms with van der Waals surface area (Å²) < 4.78 is 29.9. The number of ether oxygens (including phenoxy) is 3. The summed E-state index contributed by atoms with van der Waals surface area (Å²) in [6.07, 6.45) is 1.62. The summed E-state index contributed by atoms with van der Waals surface area (Å²) >= 11 is 0. The topological polar surface area (TPSA) is 52.6 Å². The molecule has 0 spiro atoms. The number of halogens is 1. The van der Waals surface area contributed by atoms with Crippen molar-refractivity contribution in [1.82, 2.24) is 10.3 Å². The highest BCUT2D eigenvalue weighted by Crippen LogP contribution is 2.29. The van der Waals surface area contributed by atoms with E-state index in [1.54, 1.807) is 30.5 Å². The lowest BCUT2D eigenvalue weighted by Gasteiger charge is -2.23. The SMILES string of the molecule is Fc1ccc(Oc2ncccc2OC[C@@H]2CNCCO2)cc1. The zero-order valence-electron chi connectivity index (χ0n) is 12.0. The lowest BCUT2D eigenvalue weighted by atomic mass is 10.3. The van der Waals surface area contributed by atoms with Crippen molar-refractivity contribution in [2.75, 3.05) is 26.3 Å². The maximum Gasteiger partial charge on any atom is 0.262 e. The van der Waals surface area contributed by atoms with E-state index in [-0.39, 0.29) is 11.9 Å². The third kappa shape index (κ3) is 3.93. The maximum atomic E-state index is 12.9. The van der Waals surface area contributed by atoms with Crippen LogP contribution in [0.15, 0.2) is 42.6 Å². The number of aromatic nitrogens is 1.